The molecule has 2 heteroatoms. The van der Waals surface area contributed by atoms with E-state index >= 15 is 0 Å². The molecule has 32 heavy (non-hydrogen) atoms. The van der Waals surface area contributed by atoms with Crippen molar-refractivity contribution in [2.75, 3.05) is 0 Å². The van der Waals surface area contributed by atoms with E-state index in [1.165, 1.54) is 21.5 Å². The Morgan fingerprint density at radius 1 is 0.344 bits per heavy atom. The quantitative estimate of drug-likeness (QED) is 0.140. The maximum atomic E-state index is 4.32. The van der Waals surface area contributed by atoms with E-state index < -0.39 is 0 Å². The number of hydrogen-bond acceptors (Lipinski definition) is 2. The second-order valence-corrected chi connectivity index (χ2v) is 8.60. The van der Waals surface area contributed by atoms with Crippen molar-refractivity contribution in [3.63, 3.8) is 0 Å². The van der Waals surface area contributed by atoms with Gasteiger partial charge in [0.25, 0.3) is 0 Å². The van der Waals surface area contributed by atoms with Crippen molar-refractivity contribution in [1.82, 2.24) is 0 Å². The zero-order chi connectivity index (χ0) is 21.9. The fourth-order valence-corrected chi connectivity index (χ4v) is 3.83. The zero-order valence-electron chi connectivity index (χ0n) is 17.1. The van der Waals surface area contributed by atoms with Gasteiger partial charge in [0.05, 0.1) is 0 Å². The molecule has 0 aliphatic carbocycles. The van der Waals surface area contributed by atoms with Crippen molar-refractivity contribution in [1.29, 1.82) is 0 Å². The van der Waals surface area contributed by atoms with Gasteiger partial charge >= 0.3 is 0 Å². The standard InChI is InChI=1S/C30H18S2/c31-29-13-7-21(8-14-29)1-3-23-5-11-25-20-28-18-24(6-12-26(28)19-27(25)17-23)4-2-22-9-15-30(32)16-10-22/h5-20,31-32H. The van der Waals surface area contributed by atoms with Gasteiger partial charge in [-0.1, -0.05) is 35.8 Å². The highest BCUT2D eigenvalue weighted by Gasteiger charge is 2.01. The highest BCUT2D eigenvalue weighted by Crippen LogP contribution is 2.25. The van der Waals surface area contributed by atoms with Crippen LogP contribution < -0.4 is 0 Å². The lowest BCUT2D eigenvalue weighted by Gasteiger charge is -2.04. The highest BCUT2D eigenvalue weighted by atomic mass is 32.1. The SMILES string of the molecule is Sc1ccc(C#Cc2ccc3cc4cc(C#Cc5ccc(S)cc5)ccc4cc3c2)cc1. The molecule has 0 saturated heterocycles. The molecule has 5 rings (SSSR count). The van der Waals surface area contributed by atoms with Crippen LogP contribution in [0.3, 0.4) is 0 Å². The molecule has 0 heterocycles. The summed E-state index contributed by atoms with van der Waals surface area (Å²) in [7, 11) is 0. The van der Waals surface area contributed by atoms with Crippen molar-refractivity contribution in [3.8, 4) is 23.7 Å². The summed E-state index contributed by atoms with van der Waals surface area (Å²) >= 11 is 8.64. The Labute approximate surface area is 199 Å². The smallest absolute Gasteiger partial charge is 0.0255 e. The summed E-state index contributed by atoms with van der Waals surface area (Å²) in [5.41, 5.74) is 3.97. The minimum absolute atomic E-state index is 0.939. The van der Waals surface area contributed by atoms with Crippen LogP contribution in [0.25, 0.3) is 21.5 Å². The first-order chi connectivity index (χ1) is 15.6. The molecule has 0 bridgehead atoms. The van der Waals surface area contributed by atoms with Gasteiger partial charge in [-0.3, -0.25) is 0 Å². The Morgan fingerprint density at radius 3 is 1.09 bits per heavy atom. The fourth-order valence-electron chi connectivity index (χ4n) is 3.53. The molecule has 150 valence electrons. The predicted molar refractivity (Wildman–Crippen MR) is 141 cm³/mol. The molecule has 0 aromatic heterocycles. The van der Waals surface area contributed by atoms with Gasteiger partial charge in [0, 0.05) is 32.0 Å². The van der Waals surface area contributed by atoms with Crippen LogP contribution >= 0.6 is 25.3 Å². The van der Waals surface area contributed by atoms with E-state index in [-0.39, 0.29) is 0 Å². The maximum absolute atomic E-state index is 4.32. The van der Waals surface area contributed by atoms with Crippen LogP contribution in [-0.4, -0.2) is 0 Å². The molecule has 0 nitrogen and oxygen atoms in total. The van der Waals surface area contributed by atoms with Gasteiger partial charge in [-0.25, -0.2) is 0 Å². The number of benzene rings is 5. The molecule has 0 unspecified atom stereocenters. The summed E-state index contributed by atoms with van der Waals surface area (Å²) in [6.45, 7) is 0. The van der Waals surface area contributed by atoms with Gasteiger partial charge in [0.15, 0.2) is 0 Å². The molecule has 5 aromatic carbocycles. The minimum Gasteiger partial charge on any atom is -0.143 e. The van der Waals surface area contributed by atoms with E-state index in [0.717, 1.165) is 32.0 Å². The van der Waals surface area contributed by atoms with Crippen LogP contribution in [0.2, 0.25) is 0 Å². The van der Waals surface area contributed by atoms with Crippen LogP contribution in [0.4, 0.5) is 0 Å². The molecule has 0 spiro atoms. The summed E-state index contributed by atoms with van der Waals surface area (Å²) in [5, 5.41) is 4.75. The largest absolute Gasteiger partial charge is 0.143 e. The van der Waals surface area contributed by atoms with Crippen molar-refractivity contribution in [3.05, 3.63) is 119 Å². The normalized spacial score (nSPS) is 10.3. The highest BCUT2D eigenvalue weighted by molar-refractivity contribution is 7.80. The summed E-state index contributed by atoms with van der Waals surface area (Å²) in [5.74, 6) is 13.0. The second kappa shape index (κ2) is 8.89. The number of thiol groups is 2. The van der Waals surface area contributed by atoms with Gasteiger partial charge in [0.2, 0.25) is 0 Å². The van der Waals surface area contributed by atoms with E-state index in [9.17, 15) is 0 Å². The monoisotopic (exact) mass is 442 g/mol. The van der Waals surface area contributed by atoms with Gasteiger partial charge in [0.1, 0.15) is 0 Å². The topological polar surface area (TPSA) is 0 Å². The molecule has 0 N–H and O–H groups in total. The zero-order valence-corrected chi connectivity index (χ0v) is 18.9. The first kappa shape index (κ1) is 20.3. The molecular formula is C30H18S2. The van der Waals surface area contributed by atoms with E-state index in [1.807, 2.05) is 48.5 Å². The Kier molecular flexibility index (Phi) is 5.66. The molecule has 0 saturated carbocycles. The third kappa shape index (κ3) is 4.68. The molecule has 0 fully saturated rings. The van der Waals surface area contributed by atoms with Gasteiger partial charge in [-0.2, -0.15) is 0 Å². The van der Waals surface area contributed by atoms with Crippen LogP contribution in [0, 0.1) is 23.7 Å². The first-order valence-corrected chi connectivity index (χ1v) is 11.1. The Balaban J connectivity index is 1.46. The average molecular weight is 443 g/mol. The van der Waals surface area contributed by atoms with E-state index in [0.29, 0.717) is 0 Å². The summed E-state index contributed by atoms with van der Waals surface area (Å²) < 4.78 is 0. The van der Waals surface area contributed by atoms with Crippen molar-refractivity contribution < 1.29 is 0 Å². The van der Waals surface area contributed by atoms with Gasteiger partial charge in [-0.15, -0.1) is 25.3 Å². The third-order valence-corrected chi connectivity index (χ3v) is 5.83. The Hall–Kier alpha value is -3.56. The fraction of sp³-hybridized carbons (Fsp3) is 0. The molecule has 0 amide bonds. The second-order valence-electron chi connectivity index (χ2n) is 7.57. The molecule has 0 atom stereocenters. The molecule has 5 aromatic rings. The number of rotatable bonds is 0. The lowest BCUT2D eigenvalue weighted by atomic mass is 10.00. The van der Waals surface area contributed by atoms with E-state index in [2.05, 4.69) is 97.5 Å². The minimum atomic E-state index is 0.939. The average Bonchev–Trinajstić information content (AvgIpc) is 2.82. The van der Waals surface area contributed by atoms with Crippen LogP contribution in [-0.2, 0) is 0 Å². The summed E-state index contributed by atoms with van der Waals surface area (Å²) in [6.07, 6.45) is 0. The first-order valence-electron chi connectivity index (χ1n) is 10.2. The van der Waals surface area contributed by atoms with E-state index in [1.54, 1.807) is 0 Å². The number of fused-ring (bicyclic) bond motifs is 2. The van der Waals surface area contributed by atoms with Crippen molar-refractivity contribution in [2.24, 2.45) is 0 Å². The molecule has 0 radical (unpaired) electrons. The predicted octanol–water partition coefficient (Wildman–Crippen LogP) is 7.37. The van der Waals surface area contributed by atoms with E-state index in [4.69, 9.17) is 0 Å². The Morgan fingerprint density at radius 2 is 0.688 bits per heavy atom. The van der Waals surface area contributed by atoms with Crippen LogP contribution in [0.1, 0.15) is 22.3 Å². The molecule has 0 aliphatic rings. The van der Waals surface area contributed by atoms with Gasteiger partial charge in [-0.05, 0) is 106 Å². The molecular weight excluding hydrogens is 424 g/mol. The summed E-state index contributed by atoms with van der Waals surface area (Å²) in [6, 6.07) is 32.9. The van der Waals surface area contributed by atoms with Crippen molar-refractivity contribution >= 4 is 46.8 Å². The third-order valence-electron chi connectivity index (χ3n) is 5.23. The van der Waals surface area contributed by atoms with Crippen molar-refractivity contribution in [2.45, 2.75) is 9.79 Å². The summed E-state index contributed by atoms with van der Waals surface area (Å²) in [4.78, 5) is 1.88. The Bertz CT molecular complexity index is 1450. The lowest BCUT2D eigenvalue weighted by molar-refractivity contribution is 1.46. The lowest BCUT2D eigenvalue weighted by Crippen LogP contribution is -1.82. The van der Waals surface area contributed by atoms with Gasteiger partial charge < -0.3 is 0 Å². The number of hydrogen-bond donors (Lipinski definition) is 2. The maximum Gasteiger partial charge on any atom is 0.0255 e. The van der Waals surface area contributed by atoms with Crippen LogP contribution in [0.15, 0.2) is 107 Å². The molecule has 0 aliphatic heterocycles. The van der Waals surface area contributed by atoms with Crippen LogP contribution in [0.5, 0.6) is 0 Å².